The highest BCUT2D eigenvalue weighted by atomic mass is 16.5. The van der Waals surface area contributed by atoms with E-state index in [1.165, 1.54) is 39.0 Å². The molecule has 1 heterocycles. The molecule has 4 unspecified atom stereocenters. The number of cyclic esters (lactones) is 1. The lowest BCUT2D eigenvalue weighted by atomic mass is 9.99. The van der Waals surface area contributed by atoms with E-state index in [2.05, 4.69) is 44.1 Å². The van der Waals surface area contributed by atoms with E-state index in [1.807, 2.05) is 13.8 Å². The number of rotatable bonds is 25. The number of carboxylic acids is 2. The molecular weight excluding hydrogens is 931 g/mol. The number of carboxylic acid groups (broad SMARTS) is 2. The molecule has 20 heteroatoms. The van der Waals surface area contributed by atoms with Crippen LogP contribution < -0.4 is 37.2 Å². The van der Waals surface area contributed by atoms with Crippen molar-refractivity contribution in [2.24, 2.45) is 23.7 Å². The van der Waals surface area contributed by atoms with Crippen LogP contribution in [-0.2, 0) is 52.7 Å². The Morgan fingerprint density at radius 2 is 0.847 bits per heavy atom. The molecule has 0 spiro atoms. The average molecular weight is 1020 g/mol. The zero-order chi connectivity index (χ0) is 54.5. The van der Waals surface area contributed by atoms with Gasteiger partial charge >= 0.3 is 17.9 Å². The fourth-order valence-corrected chi connectivity index (χ4v) is 8.43. The van der Waals surface area contributed by atoms with Gasteiger partial charge in [0.2, 0.25) is 41.4 Å². The molecule has 9 N–H and O–H groups in total. The summed E-state index contributed by atoms with van der Waals surface area (Å²) < 4.78 is 6.03. The minimum absolute atomic E-state index is 0.0421. The first-order valence-corrected chi connectivity index (χ1v) is 26.6. The van der Waals surface area contributed by atoms with Gasteiger partial charge in [-0.25, -0.2) is 4.79 Å². The number of ether oxygens (including phenoxy) is 1. The molecule has 0 bridgehead atoms. The largest absolute Gasteiger partial charge is 0.481 e. The van der Waals surface area contributed by atoms with Crippen LogP contribution in [0.5, 0.6) is 0 Å². The Kier molecular flexibility index (Phi) is 31.4. The monoisotopic (exact) mass is 1020 g/mol. The number of hydrogen-bond donors (Lipinski definition) is 9. The summed E-state index contributed by atoms with van der Waals surface area (Å²) in [5, 5.41) is 37.5. The average Bonchev–Trinajstić information content (AvgIpc) is 3.26. The smallest absolute Gasteiger partial charge is 0.328 e. The van der Waals surface area contributed by atoms with Crippen LogP contribution in [0.1, 0.15) is 198 Å². The fourth-order valence-electron chi connectivity index (χ4n) is 8.43. The van der Waals surface area contributed by atoms with Gasteiger partial charge < -0.3 is 52.2 Å². The number of esters is 1. The maximum absolute atomic E-state index is 14.2. The van der Waals surface area contributed by atoms with Gasteiger partial charge in [-0.1, -0.05) is 127 Å². The van der Waals surface area contributed by atoms with Crippen molar-refractivity contribution in [2.75, 3.05) is 0 Å². The van der Waals surface area contributed by atoms with Gasteiger partial charge in [-0.05, 0) is 75.5 Å². The molecule has 1 rings (SSSR count). The number of carbonyl (C=O) groups excluding carboxylic acids is 8. The summed E-state index contributed by atoms with van der Waals surface area (Å²) in [7, 11) is 0. The number of carbonyl (C=O) groups is 10. The van der Waals surface area contributed by atoms with Crippen molar-refractivity contribution in [3.63, 3.8) is 0 Å². The molecule has 0 aliphatic carbocycles. The Morgan fingerprint density at radius 3 is 1.28 bits per heavy atom. The Hall–Kier alpha value is -5.30. The van der Waals surface area contributed by atoms with Crippen LogP contribution >= 0.6 is 0 Å². The van der Waals surface area contributed by atoms with Crippen LogP contribution in [0.25, 0.3) is 0 Å². The summed E-state index contributed by atoms with van der Waals surface area (Å²) in [5.74, 6) is -10.2. The third kappa shape index (κ3) is 28.1. The molecule has 412 valence electrons. The van der Waals surface area contributed by atoms with Crippen molar-refractivity contribution >= 4 is 59.3 Å². The molecule has 0 aromatic rings. The van der Waals surface area contributed by atoms with E-state index >= 15 is 0 Å². The van der Waals surface area contributed by atoms with Gasteiger partial charge in [0.05, 0.1) is 12.8 Å². The van der Waals surface area contributed by atoms with E-state index in [0.717, 1.165) is 32.1 Å². The van der Waals surface area contributed by atoms with Gasteiger partial charge in [0.15, 0.2) is 0 Å². The number of amides is 7. The van der Waals surface area contributed by atoms with Gasteiger partial charge in [-0.3, -0.25) is 43.2 Å². The molecule has 8 atom stereocenters. The maximum Gasteiger partial charge on any atom is 0.328 e. The Bertz CT molecular complexity index is 1760. The van der Waals surface area contributed by atoms with Gasteiger partial charge in [0.1, 0.15) is 48.4 Å². The van der Waals surface area contributed by atoms with Crippen molar-refractivity contribution < 1.29 is 62.9 Å². The van der Waals surface area contributed by atoms with Crippen molar-refractivity contribution in [3.8, 4) is 0 Å². The molecule has 0 saturated carbocycles. The molecule has 1 saturated heterocycles. The first-order valence-electron chi connectivity index (χ1n) is 26.6. The van der Waals surface area contributed by atoms with Crippen LogP contribution in [0.3, 0.4) is 0 Å². The molecule has 1 aliphatic heterocycles. The number of unbranched alkanes of at least 4 members (excludes halogenated alkanes) is 10. The highest BCUT2D eigenvalue weighted by molar-refractivity contribution is 5.98. The minimum Gasteiger partial charge on any atom is -0.481 e. The van der Waals surface area contributed by atoms with Crippen LogP contribution in [0.2, 0.25) is 0 Å². The van der Waals surface area contributed by atoms with E-state index in [9.17, 15) is 58.2 Å². The first-order chi connectivity index (χ1) is 33.8. The predicted molar refractivity (Wildman–Crippen MR) is 272 cm³/mol. The summed E-state index contributed by atoms with van der Waals surface area (Å²) in [6.07, 6.45) is 8.85. The summed E-state index contributed by atoms with van der Waals surface area (Å²) in [6.45, 7) is 17.9. The molecule has 1 fully saturated rings. The molecule has 72 heavy (non-hydrogen) atoms. The zero-order valence-electron chi connectivity index (χ0n) is 45.0. The first kappa shape index (κ1) is 64.7. The Balaban J connectivity index is 3.83. The highest BCUT2D eigenvalue weighted by Crippen LogP contribution is 2.19. The highest BCUT2D eigenvalue weighted by Gasteiger charge is 2.36. The predicted octanol–water partition coefficient (Wildman–Crippen LogP) is 4.94. The second kappa shape index (κ2) is 35.0. The summed E-state index contributed by atoms with van der Waals surface area (Å²) in [6, 6.07) is -9.62. The summed E-state index contributed by atoms with van der Waals surface area (Å²) in [4.78, 5) is 135. The molecule has 1 aliphatic rings. The molecule has 0 radical (unpaired) electrons. The van der Waals surface area contributed by atoms with Gasteiger partial charge in [0.25, 0.3) is 0 Å². The SMILES string of the molecule is CCCCCCCCCCCCCC1CC(=O)N[C@@H](CCC(=O)O)C(=O)NC(CC(C)C)C(=O)N[C@@H](CC(C)C)C(=O)N[C@@H](C)C(=O)NC(CC(=O)O)C(=O)N[C@@H](CC(C)C)C(=O)NC(CC(C)C)C(=O)O1. The van der Waals surface area contributed by atoms with Gasteiger partial charge in [0, 0.05) is 6.42 Å². The van der Waals surface area contributed by atoms with Crippen molar-refractivity contribution in [2.45, 2.75) is 246 Å². The summed E-state index contributed by atoms with van der Waals surface area (Å²) >= 11 is 0. The third-order valence-corrected chi connectivity index (χ3v) is 12.2. The van der Waals surface area contributed by atoms with Crippen LogP contribution in [0.15, 0.2) is 0 Å². The molecule has 0 aromatic heterocycles. The number of aliphatic carboxylic acids is 2. The topological polar surface area (TPSA) is 305 Å². The lowest BCUT2D eigenvalue weighted by Gasteiger charge is -2.28. The van der Waals surface area contributed by atoms with E-state index in [1.54, 1.807) is 41.5 Å². The Labute approximate surface area is 428 Å². The minimum atomic E-state index is -1.71. The molecule has 20 nitrogen and oxygen atoms in total. The standard InChI is InChI=1S/C52H91N7O13/c1-11-12-13-14-15-16-17-18-19-20-21-22-36-29-43(60)54-37(23-24-44(61)62)47(66)56-39(26-32(4)5)49(68)57-38(25-31(2)3)48(67)53-35(10)46(65)55-41(30-45(63)64)51(70)58-40(27-33(6)7)50(69)59-42(28-34(8)9)52(71)72-36/h31-42H,11-30H2,1-10H3,(H,53,67)(H,54,60)(H,55,65)(H,56,66)(H,57,68)(H,58,70)(H,59,69)(H,61,62)(H,63,64)/t35-,36?,37-,38-,39?,40-,41?,42?/m0/s1. The van der Waals surface area contributed by atoms with Crippen LogP contribution in [0, 0.1) is 23.7 Å². The van der Waals surface area contributed by atoms with Crippen molar-refractivity contribution in [1.29, 1.82) is 0 Å². The third-order valence-electron chi connectivity index (χ3n) is 12.2. The van der Waals surface area contributed by atoms with E-state index in [4.69, 9.17) is 4.74 Å². The number of nitrogens with one attached hydrogen (secondary N) is 7. The van der Waals surface area contributed by atoms with Crippen molar-refractivity contribution in [3.05, 3.63) is 0 Å². The second-order valence-electron chi connectivity index (χ2n) is 21.3. The second-order valence-corrected chi connectivity index (χ2v) is 21.3. The van der Waals surface area contributed by atoms with Gasteiger partial charge in [-0.15, -0.1) is 0 Å². The zero-order valence-corrected chi connectivity index (χ0v) is 45.0. The summed E-state index contributed by atoms with van der Waals surface area (Å²) in [5.41, 5.74) is 0. The lowest BCUT2D eigenvalue weighted by Crippen LogP contribution is -2.60. The Morgan fingerprint density at radius 1 is 0.472 bits per heavy atom. The molecular formula is C52H91N7O13. The fraction of sp³-hybridized carbons (Fsp3) is 0.808. The normalized spacial score (nSPS) is 24.0. The van der Waals surface area contributed by atoms with Crippen molar-refractivity contribution in [1.82, 2.24) is 37.2 Å². The van der Waals surface area contributed by atoms with Crippen LogP contribution in [0.4, 0.5) is 0 Å². The molecule has 7 amide bonds. The quantitative estimate of drug-likeness (QED) is 0.0433. The van der Waals surface area contributed by atoms with Crippen LogP contribution in [-0.4, -0.2) is 118 Å². The number of hydrogen-bond acceptors (Lipinski definition) is 11. The van der Waals surface area contributed by atoms with E-state index in [-0.39, 0.29) is 62.2 Å². The van der Waals surface area contributed by atoms with Gasteiger partial charge in [-0.2, -0.15) is 0 Å². The molecule has 0 aromatic carbocycles. The lowest BCUT2D eigenvalue weighted by molar-refractivity contribution is -0.155. The van der Waals surface area contributed by atoms with E-state index in [0.29, 0.717) is 6.42 Å². The maximum atomic E-state index is 14.2. The van der Waals surface area contributed by atoms with E-state index < -0.39 is 127 Å².